The number of aromatic nitrogens is 2. The normalized spacial score (nSPS) is 10.7. The molecule has 0 aliphatic rings. The van der Waals surface area contributed by atoms with Crippen molar-refractivity contribution < 1.29 is 4.79 Å². The first kappa shape index (κ1) is 18.6. The van der Waals surface area contributed by atoms with Gasteiger partial charge in [0.1, 0.15) is 5.69 Å². The molecular weight excluding hydrogens is 336 g/mol. The van der Waals surface area contributed by atoms with Gasteiger partial charge in [-0.05, 0) is 42.2 Å². The maximum atomic E-state index is 12.8. The molecule has 1 aromatic heterocycles. The standard InChI is InChI=1S/C22H24N4O/c1-15(2)18-12-8-9-16(3)20(18)25-21(27)19-13-14-23-22(24-19)26(4)17-10-6-5-7-11-17/h5-15H,1-4H3,(H,25,27). The highest BCUT2D eigenvalue weighted by molar-refractivity contribution is 6.04. The molecule has 0 aliphatic carbocycles. The van der Waals surface area contributed by atoms with Gasteiger partial charge >= 0.3 is 0 Å². The molecule has 1 heterocycles. The Morgan fingerprint density at radius 3 is 2.48 bits per heavy atom. The highest BCUT2D eigenvalue weighted by atomic mass is 16.1. The zero-order chi connectivity index (χ0) is 19.4. The molecule has 0 saturated heterocycles. The van der Waals surface area contributed by atoms with Gasteiger partial charge in [-0.2, -0.15) is 0 Å². The summed E-state index contributed by atoms with van der Waals surface area (Å²) in [7, 11) is 1.88. The van der Waals surface area contributed by atoms with E-state index in [4.69, 9.17) is 0 Å². The first-order valence-corrected chi connectivity index (χ1v) is 9.00. The van der Waals surface area contributed by atoms with Crippen LogP contribution in [0.25, 0.3) is 0 Å². The van der Waals surface area contributed by atoms with Crippen molar-refractivity contribution in [2.75, 3.05) is 17.3 Å². The smallest absolute Gasteiger partial charge is 0.274 e. The van der Waals surface area contributed by atoms with Gasteiger partial charge in [-0.15, -0.1) is 0 Å². The molecule has 1 amide bonds. The lowest BCUT2D eigenvalue weighted by Crippen LogP contribution is -2.19. The van der Waals surface area contributed by atoms with Crippen molar-refractivity contribution in [2.45, 2.75) is 26.7 Å². The van der Waals surface area contributed by atoms with Gasteiger partial charge in [-0.1, -0.05) is 50.2 Å². The highest BCUT2D eigenvalue weighted by Crippen LogP contribution is 2.28. The zero-order valence-corrected chi connectivity index (χ0v) is 16.1. The number of carbonyl (C=O) groups is 1. The fourth-order valence-electron chi connectivity index (χ4n) is 2.92. The second kappa shape index (κ2) is 7.99. The Kier molecular flexibility index (Phi) is 5.50. The van der Waals surface area contributed by atoms with Crippen LogP contribution in [-0.2, 0) is 0 Å². The number of carbonyl (C=O) groups excluding carboxylic acids is 1. The maximum Gasteiger partial charge on any atom is 0.274 e. The van der Waals surface area contributed by atoms with E-state index in [1.165, 1.54) is 0 Å². The first-order chi connectivity index (χ1) is 13.0. The van der Waals surface area contributed by atoms with Gasteiger partial charge in [0.25, 0.3) is 5.91 Å². The number of nitrogens with zero attached hydrogens (tertiary/aromatic N) is 3. The van der Waals surface area contributed by atoms with E-state index in [0.717, 1.165) is 22.5 Å². The summed E-state index contributed by atoms with van der Waals surface area (Å²) < 4.78 is 0. The SMILES string of the molecule is Cc1cccc(C(C)C)c1NC(=O)c1ccnc(N(C)c2ccccc2)n1. The second-order valence-electron chi connectivity index (χ2n) is 6.78. The molecule has 0 bridgehead atoms. The van der Waals surface area contributed by atoms with Crippen molar-refractivity contribution in [2.24, 2.45) is 0 Å². The van der Waals surface area contributed by atoms with Crippen LogP contribution in [0.2, 0.25) is 0 Å². The van der Waals surface area contributed by atoms with Crippen LogP contribution >= 0.6 is 0 Å². The summed E-state index contributed by atoms with van der Waals surface area (Å²) in [4.78, 5) is 23.4. The lowest BCUT2D eigenvalue weighted by Gasteiger charge is -2.18. The van der Waals surface area contributed by atoms with E-state index in [2.05, 4.69) is 29.1 Å². The minimum atomic E-state index is -0.240. The van der Waals surface area contributed by atoms with Crippen molar-refractivity contribution in [3.63, 3.8) is 0 Å². The van der Waals surface area contributed by atoms with E-state index >= 15 is 0 Å². The van der Waals surface area contributed by atoms with E-state index in [1.807, 2.05) is 67.4 Å². The Balaban J connectivity index is 1.87. The molecule has 0 atom stereocenters. The van der Waals surface area contributed by atoms with Gasteiger partial charge in [0.2, 0.25) is 5.95 Å². The van der Waals surface area contributed by atoms with Crippen molar-refractivity contribution in [3.05, 3.63) is 77.6 Å². The number of benzene rings is 2. The van der Waals surface area contributed by atoms with Gasteiger partial charge < -0.3 is 10.2 Å². The molecule has 5 heteroatoms. The summed E-state index contributed by atoms with van der Waals surface area (Å²) in [5, 5.41) is 3.03. The molecule has 5 nitrogen and oxygen atoms in total. The fourth-order valence-corrected chi connectivity index (χ4v) is 2.92. The molecule has 0 unspecified atom stereocenters. The molecule has 0 spiro atoms. The lowest BCUT2D eigenvalue weighted by molar-refractivity contribution is 0.102. The summed E-state index contributed by atoms with van der Waals surface area (Å²) in [6.45, 7) is 6.22. The van der Waals surface area contributed by atoms with Crippen LogP contribution in [-0.4, -0.2) is 22.9 Å². The molecule has 0 aliphatic heterocycles. The monoisotopic (exact) mass is 360 g/mol. The quantitative estimate of drug-likeness (QED) is 0.701. The van der Waals surface area contributed by atoms with Gasteiger partial charge in [0.15, 0.2) is 0 Å². The van der Waals surface area contributed by atoms with Crippen LogP contribution in [0.4, 0.5) is 17.3 Å². The number of rotatable bonds is 5. The summed E-state index contributed by atoms with van der Waals surface area (Å²) >= 11 is 0. The zero-order valence-electron chi connectivity index (χ0n) is 16.1. The highest BCUT2D eigenvalue weighted by Gasteiger charge is 2.16. The summed E-state index contributed by atoms with van der Waals surface area (Å²) in [6, 6.07) is 17.5. The molecule has 1 N–H and O–H groups in total. The third-order valence-corrected chi connectivity index (χ3v) is 4.48. The van der Waals surface area contributed by atoms with Crippen LogP contribution in [0.1, 0.15) is 41.4 Å². The third-order valence-electron chi connectivity index (χ3n) is 4.48. The predicted octanol–water partition coefficient (Wildman–Crippen LogP) is 4.93. The minimum absolute atomic E-state index is 0.240. The minimum Gasteiger partial charge on any atom is -0.320 e. The number of anilines is 3. The number of amides is 1. The van der Waals surface area contributed by atoms with Crippen molar-refractivity contribution in [1.82, 2.24) is 9.97 Å². The van der Waals surface area contributed by atoms with E-state index < -0.39 is 0 Å². The molecule has 27 heavy (non-hydrogen) atoms. The van der Waals surface area contributed by atoms with Gasteiger partial charge in [0.05, 0.1) is 0 Å². The van der Waals surface area contributed by atoms with Crippen molar-refractivity contribution in [3.8, 4) is 0 Å². The topological polar surface area (TPSA) is 58.1 Å². The maximum absolute atomic E-state index is 12.8. The Hall–Kier alpha value is -3.21. The average Bonchev–Trinajstić information content (AvgIpc) is 2.69. The summed E-state index contributed by atoms with van der Waals surface area (Å²) in [5.41, 5.74) is 4.29. The second-order valence-corrected chi connectivity index (χ2v) is 6.78. The van der Waals surface area contributed by atoms with Crippen LogP contribution in [0.3, 0.4) is 0 Å². The third kappa shape index (κ3) is 4.14. The van der Waals surface area contributed by atoms with Gasteiger partial charge in [0, 0.05) is 24.6 Å². The Bertz CT molecular complexity index is 938. The Morgan fingerprint density at radius 1 is 1.04 bits per heavy atom. The Morgan fingerprint density at radius 2 is 1.78 bits per heavy atom. The van der Waals surface area contributed by atoms with E-state index in [9.17, 15) is 4.79 Å². The Labute approximate surface area is 160 Å². The molecule has 0 saturated carbocycles. The molecule has 0 fully saturated rings. The summed E-state index contributed by atoms with van der Waals surface area (Å²) in [6.07, 6.45) is 1.61. The van der Waals surface area contributed by atoms with Crippen LogP contribution in [0, 0.1) is 6.92 Å². The predicted molar refractivity (Wildman–Crippen MR) is 110 cm³/mol. The van der Waals surface area contributed by atoms with Crippen LogP contribution in [0.5, 0.6) is 0 Å². The molecular formula is C22H24N4O. The molecule has 0 radical (unpaired) electrons. The number of nitrogens with one attached hydrogen (secondary N) is 1. The molecule has 3 aromatic rings. The molecule has 2 aromatic carbocycles. The van der Waals surface area contributed by atoms with E-state index in [-0.39, 0.29) is 5.91 Å². The molecule has 138 valence electrons. The number of aryl methyl sites for hydroxylation is 1. The van der Waals surface area contributed by atoms with E-state index in [1.54, 1.807) is 12.3 Å². The first-order valence-electron chi connectivity index (χ1n) is 9.00. The average molecular weight is 360 g/mol. The number of hydrogen-bond acceptors (Lipinski definition) is 4. The number of para-hydroxylation sites is 2. The van der Waals surface area contributed by atoms with Crippen LogP contribution < -0.4 is 10.2 Å². The van der Waals surface area contributed by atoms with Crippen LogP contribution in [0.15, 0.2) is 60.8 Å². The fraction of sp³-hybridized carbons (Fsp3) is 0.227. The van der Waals surface area contributed by atoms with Crippen molar-refractivity contribution >= 4 is 23.2 Å². The van der Waals surface area contributed by atoms with E-state index in [0.29, 0.717) is 17.6 Å². The largest absolute Gasteiger partial charge is 0.320 e. The number of hydrogen-bond donors (Lipinski definition) is 1. The van der Waals surface area contributed by atoms with Crippen molar-refractivity contribution in [1.29, 1.82) is 0 Å². The van der Waals surface area contributed by atoms with Gasteiger partial charge in [-0.25, -0.2) is 9.97 Å². The van der Waals surface area contributed by atoms with Gasteiger partial charge in [-0.3, -0.25) is 4.79 Å². The lowest BCUT2D eigenvalue weighted by atomic mass is 9.98. The summed E-state index contributed by atoms with van der Waals surface area (Å²) in [5.74, 6) is 0.546. The molecule has 3 rings (SSSR count).